The van der Waals surface area contributed by atoms with Crippen molar-refractivity contribution in [3.63, 3.8) is 0 Å². The van der Waals surface area contributed by atoms with Crippen molar-refractivity contribution < 1.29 is 14.3 Å². The van der Waals surface area contributed by atoms with Gasteiger partial charge >= 0.3 is 11.9 Å². The van der Waals surface area contributed by atoms with Crippen LogP contribution in [0.5, 0.6) is 0 Å². The van der Waals surface area contributed by atoms with Crippen LogP contribution in [0.4, 0.5) is 0 Å². The lowest BCUT2D eigenvalue weighted by Gasteiger charge is -2.14. The highest BCUT2D eigenvalue weighted by Crippen LogP contribution is 1.97. The standard InChI is InChI=1S/C11H14N2O3/c1-13(10(14)11(15)16-2)8-6-9-5-3-4-7-12-9/h3-5,7H,6,8H2,1-2H3. The van der Waals surface area contributed by atoms with Gasteiger partial charge in [-0.25, -0.2) is 4.79 Å². The summed E-state index contributed by atoms with van der Waals surface area (Å²) in [7, 11) is 2.75. The zero-order valence-electron chi connectivity index (χ0n) is 9.34. The topological polar surface area (TPSA) is 59.5 Å². The molecule has 1 aromatic heterocycles. The summed E-state index contributed by atoms with van der Waals surface area (Å²) in [6.45, 7) is 0.435. The average molecular weight is 222 g/mol. The predicted molar refractivity (Wildman–Crippen MR) is 57.6 cm³/mol. The van der Waals surface area contributed by atoms with Crippen LogP contribution in [0.15, 0.2) is 24.4 Å². The number of methoxy groups -OCH3 is 1. The Hall–Kier alpha value is -1.91. The van der Waals surface area contributed by atoms with Gasteiger partial charge in [-0.1, -0.05) is 6.07 Å². The highest BCUT2D eigenvalue weighted by atomic mass is 16.5. The Balaban J connectivity index is 2.44. The third kappa shape index (κ3) is 3.34. The molecule has 0 aromatic carbocycles. The molecule has 5 heteroatoms. The summed E-state index contributed by atoms with van der Waals surface area (Å²) < 4.78 is 4.34. The molecular formula is C11H14N2O3. The largest absolute Gasteiger partial charge is 0.462 e. The van der Waals surface area contributed by atoms with Crippen molar-refractivity contribution in [3.05, 3.63) is 30.1 Å². The van der Waals surface area contributed by atoms with Crippen LogP contribution >= 0.6 is 0 Å². The van der Waals surface area contributed by atoms with Gasteiger partial charge < -0.3 is 9.64 Å². The molecule has 0 fully saturated rings. The molecule has 0 saturated carbocycles. The van der Waals surface area contributed by atoms with Gasteiger partial charge in [0.25, 0.3) is 0 Å². The second kappa shape index (κ2) is 5.85. The van der Waals surface area contributed by atoms with E-state index in [2.05, 4.69) is 9.72 Å². The third-order valence-corrected chi connectivity index (χ3v) is 2.14. The monoisotopic (exact) mass is 222 g/mol. The number of carbonyl (C=O) groups excluding carboxylic acids is 2. The summed E-state index contributed by atoms with van der Waals surface area (Å²) in [6, 6.07) is 5.58. The van der Waals surface area contributed by atoms with Gasteiger partial charge in [-0.2, -0.15) is 0 Å². The van der Waals surface area contributed by atoms with Crippen molar-refractivity contribution >= 4 is 11.9 Å². The first-order valence-electron chi connectivity index (χ1n) is 4.88. The Labute approximate surface area is 94.0 Å². The fourth-order valence-electron chi connectivity index (χ4n) is 1.17. The number of ether oxygens (including phenoxy) is 1. The summed E-state index contributed by atoms with van der Waals surface area (Å²) in [4.78, 5) is 27.7. The Morgan fingerprint density at radius 3 is 2.75 bits per heavy atom. The average Bonchev–Trinajstić information content (AvgIpc) is 2.35. The summed E-state index contributed by atoms with van der Waals surface area (Å²) in [5, 5.41) is 0. The Morgan fingerprint density at radius 1 is 1.44 bits per heavy atom. The van der Waals surface area contributed by atoms with E-state index in [9.17, 15) is 9.59 Å². The van der Waals surface area contributed by atoms with Gasteiger partial charge in [0.2, 0.25) is 0 Å². The molecule has 0 unspecified atom stereocenters. The Bertz CT molecular complexity index is 365. The van der Waals surface area contributed by atoms with Crippen LogP contribution in [0.25, 0.3) is 0 Å². The Morgan fingerprint density at radius 2 is 2.19 bits per heavy atom. The first-order valence-corrected chi connectivity index (χ1v) is 4.88. The van der Waals surface area contributed by atoms with E-state index in [0.29, 0.717) is 13.0 Å². The predicted octanol–water partition coefficient (Wildman–Crippen LogP) is 0.255. The first-order chi connectivity index (χ1) is 7.65. The first kappa shape index (κ1) is 12.2. The maximum atomic E-state index is 11.3. The molecule has 1 amide bonds. The molecular weight excluding hydrogens is 208 g/mol. The van der Waals surface area contributed by atoms with Gasteiger partial charge in [-0.05, 0) is 12.1 Å². The fourth-order valence-corrected chi connectivity index (χ4v) is 1.17. The highest BCUT2D eigenvalue weighted by Gasteiger charge is 2.18. The second-order valence-corrected chi connectivity index (χ2v) is 3.29. The normalized spacial score (nSPS) is 9.62. The van der Waals surface area contributed by atoms with Crippen LogP contribution < -0.4 is 0 Å². The van der Waals surface area contributed by atoms with E-state index in [1.807, 2.05) is 18.2 Å². The van der Waals surface area contributed by atoms with Crippen molar-refractivity contribution in [2.45, 2.75) is 6.42 Å². The molecule has 1 rings (SSSR count). The van der Waals surface area contributed by atoms with E-state index >= 15 is 0 Å². The van der Waals surface area contributed by atoms with Crippen molar-refractivity contribution in [1.29, 1.82) is 0 Å². The summed E-state index contributed by atoms with van der Waals surface area (Å²) >= 11 is 0. The number of rotatable bonds is 3. The van der Waals surface area contributed by atoms with Crippen LogP contribution in [0, 0.1) is 0 Å². The second-order valence-electron chi connectivity index (χ2n) is 3.29. The number of nitrogens with zero attached hydrogens (tertiary/aromatic N) is 2. The number of aromatic nitrogens is 1. The van der Waals surface area contributed by atoms with Crippen LogP contribution in [0.2, 0.25) is 0 Å². The molecule has 0 aliphatic carbocycles. The third-order valence-electron chi connectivity index (χ3n) is 2.14. The lowest BCUT2D eigenvalue weighted by molar-refractivity contribution is -0.157. The number of hydrogen-bond donors (Lipinski definition) is 0. The minimum atomic E-state index is -0.844. The molecule has 1 aromatic rings. The van der Waals surface area contributed by atoms with Gasteiger partial charge in [0.05, 0.1) is 7.11 Å². The van der Waals surface area contributed by atoms with Gasteiger partial charge in [-0.15, -0.1) is 0 Å². The molecule has 16 heavy (non-hydrogen) atoms. The molecule has 0 aliphatic heterocycles. The highest BCUT2D eigenvalue weighted by molar-refractivity contribution is 6.32. The molecule has 0 spiro atoms. The molecule has 0 atom stereocenters. The van der Waals surface area contributed by atoms with Crippen LogP contribution in [0.1, 0.15) is 5.69 Å². The van der Waals surface area contributed by atoms with E-state index in [1.165, 1.54) is 12.0 Å². The SMILES string of the molecule is COC(=O)C(=O)N(C)CCc1ccccn1. The summed E-state index contributed by atoms with van der Waals surface area (Å²) in [5.74, 6) is -1.48. The minimum Gasteiger partial charge on any atom is -0.462 e. The van der Waals surface area contributed by atoms with Gasteiger partial charge in [0.15, 0.2) is 0 Å². The minimum absolute atomic E-state index is 0.435. The smallest absolute Gasteiger partial charge is 0.396 e. The van der Waals surface area contributed by atoms with Crippen molar-refractivity contribution in [2.24, 2.45) is 0 Å². The van der Waals surface area contributed by atoms with Crippen LogP contribution in [-0.2, 0) is 20.7 Å². The number of amides is 1. The lowest BCUT2D eigenvalue weighted by atomic mass is 10.2. The zero-order valence-corrected chi connectivity index (χ0v) is 9.34. The lowest BCUT2D eigenvalue weighted by Crippen LogP contribution is -2.35. The van der Waals surface area contributed by atoms with Crippen LogP contribution in [-0.4, -0.2) is 42.5 Å². The summed E-state index contributed by atoms with van der Waals surface area (Å²) in [5.41, 5.74) is 0.881. The molecule has 1 heterocycles. The molecule has 0 aliphatic rings. The number of carbonyl (C=O) groups is 2. The van der Waals surface area contributed by atoms with E-state index < -0.39 is 11.9 Å². The van der Waals surface area contributed by atoms with Crippen molar-refractivity contribution in [1.82, 2.24) is 9.88 Å². The van der Waals surface area contributed by atoms with Crippen molar-refractivity contribution in [2.75, 3.05) is 20.7 Å². The zero-order chi connectivity index (χ0) is 12.0. The van der Waals surface area contributed by atoms with Gasteiger partial charge in [0, 0.05) is 31.9 Å². The van der Waals surface area contributed by atoms with Gasteiger partial charge in [0.1, 0.15) is 0 Å². The van der Waals surface area contributed by atoms with E-state index in [1.54, 1.807) is 13.2 Å². The molecule has 5 nitrogen and oxygen atoms in total. The maximum Gasteiger partial charge on any atom is 0.396 e. The maximum absolute atomic E-state index is 11.3. The van der Waals surface area contributed by atoms with E-state index in [0.717, 1.165) is 5.69 Å². The van der Waals surface area contributed by atoms with Crippen LogP contribution in [0.3, 0.4) is 0 Å². The molecule has 0 N–H and O–H groups in total. The summed E-state index contributed by atoms with van der Waals surface area (Å²) in [6.07, 6.45) is 2.30. The quantitative estimate of drug-likeness (QED) is 0.543. The molecule has 0 bridgehead atoms. The number of esters is 1. The van der Waals surface area contributed by atoms with E-state index in [4.69, 9.17) is 0 Å². The van der Waals surface area contributed by atoms with Gasteiger partial charge in [-0.3, -0.25) is 9.78 Å². The molecule has 0 saturated heterocycles. The van der Waals surface area contributed by atoms with E-state index in [-0.39, 0.29) is 0 Å². The number of likely N-dealkylation sites (N-methyl/N-ethyl adjacent to an activating group) is 1. The fraction of sp³-hybridized carbons (Fsp3) is 0.364. The number of pyridine rings is 1. The Kier molecular flexibility index (Phi) is 4.44. The molecule has 86 valence electrons. The molecule has 0 radical (unpaired) electrons. The van der Waals surface area contributed by atoms with Crippen molar-refractivity contribution in [3.8, 4) is 0 Å². The number of hydrogen-bond acceptors (Lipinski definition) is 4.